The molecule has 152 valence electrons. The van der Waals surface area contributed by atoms with E-state index in [0.717, 1.165) is 42.0 Å². The highest BCUT2D eigenvalue weighted by atomic mass is 127. The first-order chi connectivity index (χ1) is 14.6. The fourth-order valence-electron chi connectivity index (χ4n) is 3.95. The molecule has 0 spiro atoms. The first kappa shape index (κ1) is 19.5. The molecule has 3 aromatic rings. The maximum absolute atomic E-state index is 13.1. The number of halogens is 1. The molecule has 0 unspecified atom stereocenters. The fourth-order valence-corrected chi connectivity index (χ4v) is 4.44. The van der Waals surface area contributed by atoms with E-state index < -0.39 is 0 Å². The lowest BCUT2D eigenvalue weighted by atomic mass is 10.0. The predicted octanol–water partition coefficient (Wildman–Crippen LogP) is 4.44. The van der Waals surface area contributed by atoms with Crippen LogP contribution in [0, 0.1) is 22.3 Å². The van der Waals surface area contributed by atoms with Crippen molar-refractivity contribution in [3.8, 4) is 11.8 Å². The minimum Gasteiger partial charge on any atom is -0.372 e. The van der Waals surface area contributed by atoms with Gasteiger partial charge in [0.25, 0.3) is 0 Å². The van der Waals surface area contributed by atoms with Crippen molar-refractivity contribution in [3.63, 3.8) is 0 Å². The molecule has 7 heteroatoms. The molecule has 30 heavy (non-hydrogen) atoms. The number of amides is 1. The van der Waals surface area contributed by atoms with Crippen LogP contribution in [0.4, 0.5) is 11.5 Å². The largest absolute Gasteiger partial charge is 0.372 e. The van der Waals surface area contributed by atoms with Crippen molar-refractivity contribution >= 4 is 51.2 Å². The number of carbonyl (C=O) groups excluding carboxylic acids is 1. The van der Waals surface area contributed by atoms with Gasteiger partial charge in [0.2, 0.25) is 0 Å². The highest BCUT2D eigenvalue weighted by molar-refractivity contribution is 14.1. The highest BCUT2D eigenvalue weighted by Crippen LogP contribution is 2.46. The number of pyridine rings is 1. The smallest absolute Gasteiger partial charge is 0.308 e. The molecule has 2 aliphatic rings. The van der Waals surface area contributed by atoms with Crippen molar-refractivity contribution < 1.29 is 9.53 Å². The first-order valence-electron chi connectivity index (χ1n) is 10.1. The number of carbonyl (C=O) groups is 1. The summed E-state index contributed by atoms with van der Waals surface area (Å²) in [6.07, 6.45) is 2.29. The van der Waals surface area contributed by atoms with Gasteiger partial charge in [-0.3, -0.25) is 9.69 Å². The van der Waals surface area contributed by atoms with E-state index in [4.69, 9.17) is 9.72 Å². The third kappa shape index (κ3) is 3.38. The second-order valence-electron chi connectivity index (χ2n) is 7.69. The number of fused-ring (bicyclic) bond motifs is 3. The molecule has 3 heterocycles. The Bertz CT molecular complexity index is 1230. The Morgan fingerprint density at radius 1 is 1.30 bits per heavy atom. The van der Waals surface area contributed by atoms with Crippen LogP contribution in [0.25, 0.3) is 11.2 Å². The molecule has 0 radical (unpaired) electrons. The molecule has 1 aliphatic carbocycles. The number of nitrogens with zero attached hydrogens (tertiary/aromatic N) is 4. The Morgan fingerprint density at radius 2 is 2.13 bits per heavy atom. The maximum Gasteiger partial charge on any atom is 0.308 e. The number of aromatic nitrogens is 3. The van der Waals surface area contributed by atoms with Crippen LogP contribution in [0.2, 0.25) is 0 Å². The lowest BCUT2D eigenvalue weighted by Gasteiger charge is -2.23. The van der Waals surface area contributed by atoms with Gasteiger partial charge < -0.3 is 9.30 Å². The van der Waals surface area contributed by atoms with Gasteiger partial charge in [0.15, 0.2) is 5.65 Å². The molecule has 1 aliphatic heterocycles. The summed E-state index contributed by atoms with van der Waals surface area (Å²) in [5, 5.41) is 0. The normalized spacial score (nSPS) is 15.4. The summed E-state index contributed by atoms with van der Waals surface area (Å²) < 4.78 is 8.86. The van der Waals surface area contributed by atoms with Crippen LogP contribution < -0.4 is 4.90 Å². The van der Waals surface area contributed by atoms with E-state index in [1.54, 1.807) is 11.8 Å². The lowest BCUT2D eigenvalue weighted by Crippen LogP contribution is -2.26. The Balaban J connectivity index is 1.68. The van der Waals surface area contributed by atoms with Gasteiger partial charge in [-0.2, -0.15) is 0 Å². The van der Waals surface area contributed by atoms with Crippen molar-refractivity contribution in [2.45, 2.75) is 45.8 Å². The van der Waals surface area contributed by atoms with Crippen molar-refractivity contribution in [1.29, 1.82) is 0 Å². The lowest BCUT2D eigenvalue weighted by molar-refractivity contribution is -0.112. The number of anilines is 2. The predicted molar refractivity (Wildman–Crippen MR) is 124 cm³/mol. The molecule has 0 N–H and O–H groups in total. The van der Waals surface area contributed by atoms with Crippen LogP contribution >= 0.6 is 22.6 Å². The van der Waals surface area contributed by atoms with E-state index in [9.17, 15) is 4.79 Å². The molecular formula is C23H21IN4O2. The summed E-state index contributed by atoms with van der Waals surface area (Å²) >= 11 is 2.36. The molecule has 1 amide bonds. The number of hydrogen-bond acceptors (Lipinski definition) is 4. The second-order valence-corrected chi connectivity index (χ2v) is 8.86. The minimum absolute atomic E-state index is 0.279. The maximum atomic E-state index is 13.1. The molecule has 6 nitrogen and oxygen atoms in total. The van der Waals surface area contributed by atoms with Gasteiger partial charge in [0.05, 0.1) is 17.8 Å². The molecule has 1 fully saturated rings. The second kappa shape index (κ2) is 7.67. The minimum atomic E-state index is -0.279. The third-order valence-corrected chi connectivity index (χ3v) is 6.76. The van der Waals surface area contributed by atoms with Gasteiger partial charge in [-0.05, 0) is 96.5 Å². The van der Waals surface area contributed by atoms with E-state index in [1.807, 2.05) is 12.1 Å². The SMILES string of the molecule is CC#CC(=O)N(c1ccc2c(n1)nc1n2CCOC1)c1cc(C)c(I)cc1C1CC1. The molecular weight excluding hydrogens is 491 g/mol. The van der Waals surface area contributed by atoms with E-state index >= 15 is 0 Å². The fraction of sp³-hybridized carbons (Fsp3) is 0.348. The molecule has 0 bridgehead atoms. The van der Waals surface area contributed by atoms with Gasteiger partial charge in [-0.25, -0.2) is 9.97 Å². The zero-order valence-corrected chi connectivity index (χ0v) is 19.1. The van der Waals surface area contributed by atoms with Crippen molar-refractivity contribution in [2.24, 2.45) is 0 Å². The highest BCUT2D eigenvalue weighted by Gasteiger charge is 2.31. The number of imidazole rings is 1. The average molecular weight is 512 g/mol. The Kier molecular flexibility index (Phi) is 4.99. The van der Waals surface area contributed by atoms with E-state index in [0.29, 0.717) is 30.6 Å². The van der Waals surface area contributed by atoms with Crippen LogP contribution in [0.15, 0.2) is 24.3 Å². The van der Waals surface area contributed by atoms with Gasteiger partial charge in [0, 0.05) is 10.1 Å². The molecule has 5 rings (SSSR count). The summed E-state index contributed by atoms with van der Waals surface area (Å²) in [5.41, 5.74) is 4.80. The Hall–Kier alpha value is -2.44. The molecule has 1 saturated carbocycles. The monoisotopic (exact) mass is 512 g/mol. The molecule has 1 aromatic carbocycles. The average Bonchev–Trinajstić information content (AvgIpc) is 3.51. The summed E-state index contributed by atoms with van der Waals surface area (Å²) in [6.45, 7) is 5.66. The number of ether oxygens (including phenoxy) is 1. The third-order valence-electron chi connectivity index (χ3n) is 5.60. The summed E-state index contributed by atoms with van der Waals surface area (Å²) in [4.78, 5) is 24.2. The first-order valence-corrected chi connectivity index (χ1v) is 11.2. The standard InChI is InChI=1S/C23H21IN4O2/c1-3-4-22(29)28(19-11-14(2)17(24)12-16(19)15-5-6-15)20-8-7-18-23(25-20)26-21-13-30-10-9-27(18)21/h7-8,11-12,15H,5-6,9-10,13H2,1-2H3. The van der Waals surface area contributed by atoms with E-state index in [2.05, 4.69) is 63.0 Å². The number of rotatable bonds is 3. The zero-order valence-electron chi connectivity index (χ0n) is 16.9. The quantitative estimate of drug-likeness (QED) is 0.385. The topological polar surface area (TPSA) is 60.2 Å². The van der Waals surface area contributed by atoms with Crippen molar-refractivity contribution in [3.05, 3.63) is 44.8 Å². The number of benzene rings is 1. The number of aryl methyl sites for hydroxylation is 1. The van der Waals surface area contributed by atoms with Gasteiger partial charge in [-0.1, -0.05) is 5.92 Å². The van der Waals surface area contributed by atoms with Crippen molar-refractivity contribution in [1.82, 2.24) is 14.5 Å². The van der Waals surface area contributed by atoms with Crippen LogP contribution in [0.5, 0.6) is 0 Å². The van der Waals surface area contributed by atoms with Gasteiger partial charge >= 0.3 is 5.91 Å². The summed E-state index contributed by atoms with van der Waals surface area (Å²) in [6, 6.07) is 8.18. The van der Waals surface area contributed by atoms with E-state index in [1.165, 1.54) is 9.13 Å². The van der Waals surface area contributed by atoms with Crippen LogP contribution in [0.1, 0.15) is 42.6 Å². The van der Waals surface area contributed by atoms with E-state index in [-0.39, 0.29) is 5.91 Å². The number of hydrogen-bond donors (Lipinski definition) is 0. The van der Waals surface area contributed by atoms with Crippen LogP contribution in [-0.2, 0) is 22.7 Å². The molecule has 0 saturated heterocycles. The Labute approximate surface area is 188 Å². The zero-order chi connectivity index (χ0) is 20.8. The van der Waals surface area contributed by atoms with Crippen molar-refractivity contribution in [2.75, 3.05) is 11.5 Å². The molecule has 0 atom stereocenters. The van der Waals surface area contributed by atoms with Crippen LogP contribution in [-0.4, -0.2) is 27.0 Å². The summed E-state index contributed by atoms with van der Waals surface area (Å²) in [7, 11) is 0. The van der Waals surface area contributed by atoms with Gasteiger partial charge in [-0.15, -0.1) is 0 Å². The van der Waals surface area contributed by atoms with Gasteiger partial charge in [0.1, 0.15) is 18.2 Å². The summed E-state index contributed by atoms with van der Waals surface area (Å²) in [5.74, 6) is 7.09. The Morgan fingerprint density at radius 3 is 2.90 bits per heavy atom. The molecule has 2 aromatic heterocycles. The van der Waals surface area contributed by atoms with Crippen LogP contribution in [0.3, 0.4) is 0 Å².